The SMILES string of the molecule is O=C(NN1CC(=C=S)N=N1)n1[nH]ncc1=O. The van der Waals surface area contributed by atoms with Crippen LogP contribution in [0, 0.1) is 0 Å². The molecule has 10 heteroatoms. The highest BCUT2D eigenvalue weighted by molar-refractivity contribution is 7.78. The van der Waals surface area contributed by atoms with Crippen molar-refractivity contribution in [3.63, 3.8) is 0 Å². The third-order valence-electron chi connectivity index (χ3n) is 1.67. The molecule has 16 heavy (non-hydrogen) atoms. The summed E-state index contributed by atoms with van der Waals surface area (Å²) < 4.78 is 0.689. The average molecular weight is 239 g/mol. The smallest absolute Gasteiger partial charge is 0.265 e. The van der Waals surface area contributed by atoms with Crippen molar-refractivity contribution in [2.45, 2.75) is 0 Å². The van der Waals surface area contributed by atoms with E-state index in [0.717, 1.165) is 11.3 Å². The molecule has 0 fully saturated rings. The number of amides is 1. The van der Waals surface area contributed by atoms with E-state index in [0.29, 0.717) is 10.4 Å². The number of nitrogens with zero attached hydrogens (tertiary/aromatic N) is 5. The van der Waals surface area contributed by atoms with E-state index < -0.39 is 11.6 Å². The van der Waals surface area contributed by atoms with Crippen molar-refractivity contribution in [2.75, 3.05) is 6.54 Å². The van der Waals surface area contributed by atoms with Crippen molar-refractivity contribution >= 4 is 23.3 Å². The quantitative estimate of drug-likeness (QED) is 0.624. The first-order valence-electron chi connectivity index (χ1n) is 4.07. The van der Waals surface area contributed by atoms with Gasteiger partial charge in [-0.05, 0) is 22.5 Å². The Kier molecular flexibility index (Phi) is 2.58. The Hall–Kier alpha value is -2.32. The zero-order valence-electron chi connectivity index (χ0n) is 7.75. The monoisotopic (exact) mass is 239 g/mol. The van der Waals surface area contributed by atoms with Gasteiger partial charge in [-0.3, -0.25) is 4.79 Å². The lowest BCUT2D eigenvalue weighted by atomic mass is 10.5. The Morgan fingerprint density at radius 3 is 3.06 bits per heavy atom. The molecule has 1 aromatic heterocycles. The van der Waals surface area contributed by atoms with Crippen molar-refractivity contribution in [2.24, 2.45) is 10.3 Å². The lowest BCUT2D eigenvalue weighted by Crippen LogP contribution is -2.43. The van der Waals surface area contributed by atoms with Crippen LogP contribution in [-0.4, -0.2) is 37.7 Å². The molecule has 1 aromatic rings. The van der Waals surface area contributed by atoms with Crippen LogP contribution in [0.2, 0.25) is 0 Å². The van der Waals surface area contributed by atoms with Gasteiger partial charge < -0.3 is 0 Å². The molecule has 1 aliphatic rings. The van der Waals surface area contributed by atoms with Crippen molar-refractivity contribution in [1.29, 1.82) is 0 Å². The molecule has 0 bridgehead atoms. The summed E-state index contributed by atoms with van der Waals surface area (Å²) in [6, 6.07) is -0.716. The summed E-state index contributed by atoms with van der Waals surface area (Å²) >= 11 is 4.53. The topological polar surface area (TPSA) is 108 Å². The molecule has 0 saturated carbocycles. The minimum Gasteiger partial charge on any atom is -0.265 e. The van der Waals surface area contributed by atoms with E-state index in [1.54, 1.807) is 0 Å². The number of aromatic amines is 1. The Morgan fingerprint density at radius 2 is 2.50 bits per heavy atom. The molecule has 0 aliphatic carbocycles. The van der Waals surface area contributed by atoms with Crippen LogP contribution in [0.3, 0.4) is 0 Å². The van der Waals surface area contributed by atoms with Crippen molar-refractivity contribution < 1.29 is 4.79 Å². The summed E-state index contributed by atoms with van der Waals surface area (Å²) in [6.07, 6.45) is 0.980. The fraction of sp³-hybridized carbons (Fsp3) is 0.167. The molecular formula is C6H5N7O2S. The molecule has 0 saturated heterocycles. The summed E-state index contributed by atoms with van der Waals surface area (Å²) in [4.78, 5) is 22.5. The molecule has 1 aliphatic heterocycles. The molecule has 0 atom stereocenters. The maximum Gasteiger partial charge on any atom is 0.365 e. The van der Waals surface area contributed by atoms with Gasteiger partial charge in [0.05, 0.1) is 0 Å². The second-order valence-electron chi connectivity index (χ2n) is 2.74. The van der Waals surface area contributed by atoms with Crippen LogP contribution in [0.1, 0.15) is 0 Å². The Bertz CT molecular complexity index is 551. The summed E-state index contributed by atoms with van der Waals surface area (Å²) in [6.45, 7) is 0.206. The number of hydrogen-bond donors (Lipinski definition) is 2. The fourth-order valence-corrected chi connectivity index (χ4v) is 1.09. The van der Waals surface area contributed by atoms with Crippen LogP contribution >= 0.6 is 12.2 Å². The van der Waals surface area contributed by atoms with Crippen LogP contribution in [-0.2, 0) is 0 Å². The van der Waals surface area contributed by atoms with Gasteiger partial charge in [0, 0.05) is 0 Å². The van der Waals surface area contributed by atoms with E-state index in [9.17, 15) is 9.59 Å². The van der Waals surface area contributed by atoms with E-state index in [1.165, 1.54) is 0 Å². The highest BCUT2D eigenvalue weighted by Crippen LogP contribution is 2.06. The predicted octanol–water partition coefficient (Wildman–Crippen LogP) is -0.791. The minimum absolute atomic E-state index is 0.206. The molecule has 82 valence electrons. The van der Waals surface area contributed by atoms with Gasteiger partial charge in [-0.1, -0.05) is 0 Å². The standard InChI is InChI=1S/C6H5N7O2S/c14-5-1-7-10-13(5)6(15)9-12-2-4(3-16)8-11-12/h1,10H,2H2,(H,9,15). The van der Waals surface area contributed by atoms with Gasteiger partial charge in [-0.15, -0.1) is 9.80 Å². The van der Waals surface area contributed by atoms with Gasteiger partial charge in [0.1, 0.15) is 18.4 Å². The van der Waals surface area contributed by atoms with Gasteiger partial charge in [-0.25, -0.2) is 15.4 Å². The van der Waals surface area contributed by atoms with Crippen LogP contribution in [0.5, 0.6) is 0 Å². The van der Waals surface area contributed by atoms with Crippen LogP contribution in [0.4, 0.5) is 4.79 Å². The first-order chi connectivity index (χ1) is 7.70. The van der Waals surface area contributed by atoms with Crippen LogP contribution < -0.4 is 11.0 Å². The number of nitrogens with one attached hydrogen (secondary N) is 2. The van der Waals surface area contributed by atoms with Gasteiger partial charge in [0.15, 0.2) is 0 Å². The molecule has 2 rings (SSSR count). The van der Waals surface area contributed by atoms with E-state index >= 15 is 0 Å². The third kappa shape index (κ3) is 1.87. The summed E-state index contributed by atoms with van der Waals surface area (Å²) in [5, 5.41) is 16.3. The van der Waals surface area contributed by atoms with Gasteiger partial charge in [-0.2, -0.15) is 10.2 Å². The summed E-state index contributed by atoms with van der Waals surface area (Å²) in [5.74, 6) is 0. The molecule has 1 amide bonds. The molecule has 9 nitrogen and oxygen atoms in total. The summed E-state index contributed by atoms with van der Waals surface area (Å²) in [7, 11) is 0. The highest BCUT2D eigenvalue weighted by atomic mass is 32.1. The number of H-pyrrole nitrogens is 1. The van der Waals surface area contributed by atoms with E-state index in [-0.39, 0.29) is 6.54 Å². The summed E-state index contributed by atoms with van der Waals surface area (Å²) in [5.41, 5.74) is 2.16. The van der Waals surface area contributed by atoms with E-state index in [4.69, 9.17) is 0 Å². The number of carbonyl (C=O) groups excluding carboxylic acids is 1. The Labute approximate surface area is 93.4 Å². The second-order valence-corrected chi connectivity index (χ2v) is 2.95. The normalized spacial score (nSPS) is 14.0. The number of thiocarbonyl (C=S) groups is 1. The largest absolute Gasteiger partial charge is 0.365 e. The molecule has 0 spiro atoms. The second kappa shape index (κ2) is 4.04. The molecule has 0 radical (unpaired) electrons. The zero-order valence-corrected chi connectivity index (χ0v) is 8.56. The van der Waals surface area contributed by atoms with Gasteiger partial charge in [0.2, 0.25) is 0 Å². The van der Waals surface area contributed by atoms with E-state index in [1.807, 2.05) is 0 Å². The molecule has 2 heterocycles. The lowest BCUT2D eigenvalue weighted by molar-refractivity contribution is 0.190. The first kappa shape index (κ1) is 10.2. The highest BCUT2D eigenvalue weighted by Gasteiger charge is 2.17. The zero-order chi connectivity index (χ0) is 11.5. The molecule has 0 aromatic carbocycles. The minimum atomic E-state index is -0.716. The van der Waals surface area contributed by atoms with Crippen LogP contribution in [0.25, 0.3) is 0 Å². The third-order valence-corrected chi connectivity index (χ3v) is 1.91. The number of rotatable bonds is 1. The molecule has 0 unspecified atom stereocenters. The number of hydrogen-bond acceptors (Lipinski definition) is 7. The molecular weight excluding hydrogens is 234 g/mol. The van der Waals surface area contributed by atoms with Gasteiger partial charge in [0.25, 0.3) is 5.56 Å². The number of carbonyl (C=O) groups is 1. The maximum atomic E-state index is 11.5. The van der Waals surface area contributed by atoms with Crippen LogP contribution in [0.15, 0.2) is 27.0 Å². The van der Waals surface area contributed by atoms with E-state index in [2.05, 4.69) is 43.3 Å². The fourth-order valence-electron chi connectivity index (χ4n) is 0.982. The molecule has 2 N–H and O–H groups in total. The van der Waals surface area contributed by atoms with Crippen molar-refractivity contribution in [1.82, 2.24) is 25.5 Å². The predicted molar refractivity (Wildman–Crippen MR) is 54.5 cm³/mol. The van der Waals surface area contributed by atoms with Crippen molar-refractivity contribution in [3.8, 4) is 0 Å². The maximum absolute atomic E-state index is 11.5. The van der Waals surface area contributed by atoms with Gasteiger partial charge >= 0.3 is 6.03 Å². The average Bonchev–Trinajstić information content (AvgIpc) is 2.86. The van der Waals surface area contributed by atoms with Crippen molar-refractivity contribution in [3.05, 3.63) is 22.2 Å². The number of aromatic nitrogens is 3. The Balaban J connectivity index is 2.05. The number of hydrazine groups is 1. The first-order valence-corrected chi connectivity index (χ1v) is 4.48. The lowest BCUT2D eigenvalue weighted by Gasteiger charge is -2.11. The Morgan fingerprint density at radius 1 is 1.69 bits per heavy atom.